The Bertz CT molecular complexity index is 417. The molecule has 0 aromatic rings. The van der Waals surface area contributed by atoms with Gasteiger partial charge in [0.25, 0.3) is 0 Å². The normalized spacial score (nSPS) is 45.9. The van der Waals surface area contributed by atoms with Crippen LogP contribution in [0.3, 0.4) is 0 Å². The second kappa shape index (κ2) is 4.83. The maximum atomic E-state index is 11.0. The summed E-state index contributed by atoms with van der Waals surface area (Å²) in [5.41, 5.74) is -0.406. The average Bonchev–Trinajstić information content (AvgIpc) is 2.51. The lowest BCUT2D eigenvalue weighted by Crippen LogP contribution is -2.53. The predicted molar refractivity (Wildman–Crippen MR) is 84.1 cm³/mol. The molecule has 0 amide bonds. The van der Waals surface area contributed by atoms with Gasteiger partial charge in [0.05, 0.1) is 12.2 Å². The van der Waals surface area contributed by atoms with Crippen LogP contribution in [0.25, 0.3) is 0 Å². The Morgan fingerprint density at radius 3 is 2.26 bits per heavy atom. The maximum absolute atomic E-state index is 11.0. The summed E-state index contributed by atoms with van der Waals surface area (Å²) in [7, 11) is 0. The largest absolute Gasteiger partial charge is 0.381 e. The lowest BCUT2D eigenvalue weighted by Gasteiger charge is -2.49. The van der Waals surface area contributed by atoms with Crippen molar-refractivity contribution in [3.05, 3.63) is 21.8 Å². The highest BCUT2D eigenvalue weighted by Gasteiger charge is 2.56. The minimum Gasteiger partial charge on any atom is -0.381 e. The number of rotatable bonds is 1. The van der Waals surface area contributed by atoms with E-state index in [0.29, 0.717) is 6.42 Å². The standard InChI is InChI=1S/C15H23IO3/c1-10-8-14(18-11(2)12(3)19-14)9-13(4,5)15(10,17)6-7-16/h6-8,11-12,17H,9H2,1-5H3. The highest BCUT2D eigenvalue weighted by atomic mass is 127. The van der Waals surface area contributed by atoms with Crippen molar-refractivity contribution in [2.45, 2.75) is 64.6 Å². The summed E-state index contributed by atoms with van der Waals surface area (Å²) in [6, 6.07) is 0. The minimum absolute atomic E-state index is 0.0751. The van der Waals surface area contributed by atoms with E-state index in [2.05, 4.69) is 36.4 Å². The van der Waals surface area contributed by atoms with Crippen LogP contribution in [0.1, 0.15) is 41.0 Å². The fraction of sp³-hybridized carbons (Fsp3) is 0.733. The fourth-order valence-corrected chi connectivity index (χ4v) is 3.74. The Morgan fingerprint density at radius 1 is 1.32 bits per heavy atom. The summed E-state index contributed by atoms with van der Waals surface area (Å²) in [5, 5.41) is 11.0. The molecule has 3 nitrogen and oxygen atoms in total. The van der Waals surface area contributed by atoms with Crippen LogP contribution in [0.5, 0.6) is 0 Å². The molecule has 0 radical (unpaired) electrons. The summed E-state index contributed by atoms with van der Waals surface area (Å²) in [5.74, 6) is -0.683. The Balaban J connectivity index is 2.44. The molecule has 108 valence electrons. The summed E-state index contributed by atoms with van der Waals surface area (Å²) >= 11 is 2.14. The highest BCUT2D eigenvalue weighted by molar-refractivity contribution is 14.1. The molecule has 1 aliphatic carbocycles. The van der Waals surface area contributed by atoms with Crippen molar-refractivity contribution in [2.75, 3.05) is 0 Å². The zero-order valence-corrected chi connectivity index (χ0v) is 14.4. The Morgan fingerprint density at radius 2 is 1.84 bits per heavy atom. The molecule has 1 aliphatic heterocycles. The fourth-order valence-electron chi connectivity index (χ4n) is 3.22. The Labute approximate surface area is 129 Å². The summed E-state index contributed by atoms with van der Waals surface area (Å²) < 4.78 is 14.0. The third kappa shape index (κ3) is 2.41. The van der Waals surface area contributed by atoms with Gasteiger partial charge in [-0.05, 0) is 42.6 Å². The van der Waals surface area contributed by atoms with Gasteiger partial charge in [0, 0.05) is 11.8 Å². The van der Waals surface area contributed by atoms with Crippen LogP contribution in [-0.4, -0.2) is 28.7 Å². The lowest BCUT2D eigenvalue weighted by atomic mass is 9.63. The summed E-state index contributed by atoms with van der Waals surface area (Å²) in [6.45, 7) is 10.1. The van der Waals surface area contributed by atoms with Crippen molar-refractivity contribution in [3.63, 3.8) is 0 Å². The second-order valence-corrected chi connectivity index (χ2v) is 7.12. The molecule has 3 atom stereocenters. The van der Waals surface area contributed by atoms with E-state index >= 15 is 0 Å². The van der Waals surface area contributed by atoms with E-state index in [1.165, 1.54) is 0 Å². The number of ether oxygens (including phenoxy) is 2. The van der Waals surface area contributed by atoms with Gasteiger partial charge in [-0.15, -0.1) is 0 Å². The van der Waals surface area contributed by atoms with E-state index in [9.17, 15) is 5.11 Å². The molecule has 3 unspecified atom stereocenters. The topological polar surface area (TPSA) is 38.7 Å². The smallest absolute Gasteiger partial charge is 0.189 e. The van der Waals surface area contributed by atoms with Crippen LogP contribution in [0.4, 0.5) is 0 Å². The van der Waals surface area contributed by atoms with Gasteiger partial charge >= 0.3 is 0 Å². The van der Waals surface area contributed by atoms with Gasteiger partial charge in [0.15, 0.2) is 5.79 Å². The van der Waals surface area contributed by atoms with E-state index in [1.807, 2.05) is 37.0 Å². The third-order valence-corrected chi connectivity index (χ3v) is 4.85. The number of halogens is 1. The molecule has 4 heteroatoms. The number of hydrogen-bond donors (Lipinski definition) is 1. The first-order valence-electron chi connectivity index (χ1n) is 6.72. The summed E-state index contributed by atoms with van der Waals surface area (Å²) in [6.07, 6.45) is 4.60. The molecule has 1 spiro atoms. The first-order chi connectivity index (χ1) is 8.66. The van der Waals surface area contributed by atoms with E-state index in [-0.39, 0.29) is 17.6 Å². The quantitative estimate of drug-likeness (QED) is 0.560. The first kappa shape index (κ1) is 15.5. The van der Waals surface area contributed by atoms with Gasteiger partial charge in [0.1, 0.15) is 5.60 Å². The van der Waals surface area contributed by atoms with Crippen molar-refractivity contribution in [1.82, 2.24) is 0 Å². The third-order valence-electron chi connectivity index (χ3n) is 4.49. The van der Waals surface area contributed by atoms with Crippen molar-refractivity contribution >= 4 is 22.6 Å². The van der Waals surface area contributed by atoms with Gasteiger partial charge in [-0.2, -0.15) is 0 Å². The SMILES string of the molecule is CC1=CC2(CC(C)(C)C1(O)C=CI)OC(C)C(C)O2. The molecule has 2 rings (SSSR count). The number of aliphatic hydroxyl groups is 1. The van der Waals surface area contributed by atoms with E-state index < -0.39 is 11.4 Å². The van der Waals surface area contributed by atoms with Gasteiger partial charge < -0.3 is 14.6 Å². The Hall–Kier alpha value is 0.0900. The molecule has 0 aromatic carbocycles. The van der Waals surface area contributed by atoms with Crippen LogP contribution in [0.15, 0.2) is 21.8 Å². The van der Waals surface area contributed by atoms with Crippen LogP contribution >= 0.6 is 22.6 Å². The van der Waals surface area contributed by atoms with E-state index in [1.54, 1.807) is 0 Å². The van der Waals surface area contributed by atoms with Crippen LogP contribution < -0.4 is 0 Å². The van der Waals surface area contributed by atoms with E-state index in [0.717, 1.165) is 5.57 Å². The molecule has 0 bridgehead atoms. The van der Waals surface area contributed by atoms with Gasteiger partial charge in [-0.1, -0.05) is 36.4 Å². The maximum Gasteiger partial charge on any atom is 0.189 e. The van der Waals surface area contributed by atoms with Crippen LogP contribution in [0, 0.1) is 5.41 Å². The molecular formula is C15H23IO3. The van der Waals surface area contributed by atoms with Gasteiger partial charge in [-0.3, -0.25) is 0 Å². The molecule has 1 fully saturated rings. The lowest BCUT2D eigenvalue weighted by molar-refractivity contribution is -0.183. The molecule has 19 heavy (non-hydrogen) atoms. The zero-order chi connectivity index (χ0) is 14.5. The van der Waals surface area contributed by atoms with Crippen LogP contribution in [0.2, 0.25) is 0 Å². The Kier molecular flexibility index (Phi) is 3.93. The highest BCUT2D eigenvalue weighted by Crippen LogP contribution is 2.52. The molecular weight excluding hydrogens is 355 g/mol. The monoisotopic (exact) mass is 378 g/mol. The van der Waals surface area contributed by atoms with E-state index in [4.69, 9.17) is 9.47 Å². The van der Waals surface area contributed by atoms with Gasteiger partial charge in [0.2, 0.25) is 0 Å². The van der Waals surface area contributed by atoms with Crippen LogP contribution in [-0.2, 0) is 9.47 Å². The van der Waals surface area contributed by atoms with Crippen molar-refractivity contribution < 1.29 is 14.6 Å². The first-order valence-corrected chi connectivity index (χ1v) is 7.96. The van der Waals surface area contributed by atoms with Gasteiger partial charge in [-0.25, -0.2) is 0 Å². The predicted octanol–water partition coefficient (Wildman–Crippen LogP) is 3.56. The van der Waals surface area contributed by atoms with Crippen molar-refractivity contribution in [3.8, 4) is 0 Å². The summed E-state index contributed by atoms with van der Waals surface area (Å²) in [4.78, 5) is 0. The molecule has 1 heterocycles. The molecule has 1 N–H and O–H groups in total. The van der Waals surface area contributed by atoms with Crippen molar-refractivity contribution in [1.29, 1.82) is 0 Å². The molecule has 2 aliphatic rings. The zero-order valence-electron chi connectivity index (χ0n) is 12.2. The number of hydrogen-bond acceptors (Lipinski definition) is 3. The minimum atomic E-state index is -0.943. The molecule has 0 saturated carbocycles. The molecule has 1 saturated heterocycles. The molecule has 0 aromatic heterocycles. The second-order valence-electron chi connectivity index (χ2n) is 6.40. The average molecular weight is 378 g/mol. The van der Waals surface area contributed by atoms with Crippen molar-refractivity contribution in [2.24, 2.45) is 5.41 Å².